The minimum absolute atomic E-state index is 0.197. The monoisotopic (exact) mass is 348 g/mol. The summed E-state index contributed by atoms with van der Waals surface area (Å²) in [6.45, 7) is 1.87. The number of nitrogens with zero attached hydrogens (tertiary/aromatic N) is 3. The molecule has 1 atom stereocenters. The number of benzene rings is 2. The second kappa shape index (κ2) is 6.84. The number of fused-ring (bicyclic) bond motifs is 1. The van der Waals surface area contributed by atoms with Crippen molar-refractivity contribution in [1.29, 1.82) is 0 Å². The lowest BCUT2D eigenvalue weighted by Gasteiger charge is -2.18. The molecule has 0 radical (unpaired) electrons. The molecule has 4 rings (SSSR count). The Morgan fingerprint density at radius 1 is 1.04 bits per heavy atom. The van der Waals surface area contributed by atoms with Gasteiger partial charge in [-0.3, -0.25) is 0 Å². The molecule has 2 heterocycles. The number of aromatic nitrogens is 2. The molecule has 1 unspecified atom stereocenters. The van der Waals surface area contributed by atoms with Gasteiger partial charge in [-0.2, -0.15) is 0 Å². The van der Waals surface area contributed by atoms with Crippen LogP contribution in [0.2, 0.25) is 0 Å². The minimum atomic E-state index is -0.197. The summed E-state index contributed by atoms with van der Waals surface area (Å²) in [6, 6.07) is 17.0. The Bertz CT molecular complexity index is 906. The molecule has 0 fully saturated rings. The Morgan fingerprint density at radius 3 is 2.58 bits per heavy atom. The van der Waals surface area contributed by atoms with Crippen LogP contribution in [0.3, 0.4) is 0 Å². The molecule has 26 heavy (non-hydrogen) atoms. The molecule has 5 heteroatoms. The molecule has 0 saturated carbocycles. The van der Waals surface area contributed by atoms with Gasteiger partial charge in [-0.1, -0.05) is 24.3 Å². The fourth-order valence-corrected chi connectivity index (χ4v) is 3.65. The van der Waals surface area contributed by atoms with E-state index in [0.29, 0.717) is 5.82 Å². The molecule has 0 bridgehead atoms. The molecule has 3 aromatic rings. The summed E-state index contributed by atoms with van der Waals surface area (Å²) in [6.07, 6.45) is 1.01. The number of nitrogen functional groups attached to an aromatic ring is 1. The van der Waals surface area contributed by atoms with Crippen molar-refractivity contribution in [3.05, 3.63) is 77.1 Å². The van der Waals surface area contributed by atoms with Crippen LogP contribution in [0.5, 0.6) is 0 Å². The van der Waals surface area contributed by atoms with E-state index in [1.807, 2.05) is 18.2 Å². The summed E-state index contributed by atoms with van der Waals surface area (Å²) in [5.74, 6) is 0.485. The van der Waals surface area contributed by atoms with Crippen LogP contribution in [0.25, 0.3) is 11.3 Å². The molecule has 1 aliphatic rings. The van der Waals surface area contributed by atoms with E-state index in [0.717, 1.165) is 36.3 Å². The van der Waals surface area contributed by atoms with Crippen LogP contribution in [0.15, 0.2) is 54.6 Å². The number of halogens is 1. The smallest absolute Gasteiger partial charge is 0.146 e. The van der Waals surface area contributed by atoms with Gasteiger partial charge >= 0.3 is 0 Å². The van der Waals surface area contributed by atoms with Gasteiger partial charge in [0.2, 0.25) is 0 Å². The van der Waals surface area contributed by atoms with Gasteiger partial charge in [0, 0.05) is 18.0 Å². The molecule has 0 spiro atoms. The van der Waals surface area contributed by atoms with Crippen molar-refractivity contribution in [2.45, 2.75) is 18.9 Å². The largest absolute Gasteiger partial charge is 0.382 e. The Kier molecular flexibility index (Phi) is 4.39. The van der Waals surface area contributed by atoms with Crippen LogP contribution < -0.4 is 5.73 Å². The highest BCUT2D eigenvalue weighted by atomic mass is 19.1. The van der Waals surface area contributed by atoms with Crippen LogP contribution in [-0.2, 0) is 6.54 Å². The Labute approximate surface area is 152 Å². The molecule has 2 N–H and O–H groups in total. The van der Waals surface area contributed by atoms with Crippen LogP contribution in [-0.4, -0.2) is 28.7 Å². The van der Waals surface area contributed by atoms with Crippen molar-refractivity contribution >= 4 is 5.82 Å². The first kappa shape index (κ1) is 16.7. The molecular weight excluding hydrogens is 327 g/mol. The maximum Gasteiger partial charge on any atom is 0.146 e. The van der Waals surface area contributed by atoms with E-state index in [2.05, 4.69) is 40.3 Å². The van der Waals surface area contributed by atoms with E-state index < -0.39 is 0 Å². The van der Waals surface area contributed by atoms with E-state index in [4.69, 9.17) is 5.73 Å². The summed E-state index contributed by atoms with van der Waals surface area (Å²) < 4.78 is 13.3. The topological polar surface area (TPSA) is 55.0 Å². The predicted octanol–water partition coefficient (Wildman–Crippen LogP) is 3.83. The van der Waals surface area contributed by atoms with Crippen molar-refractivity contribution in [1.82, 2.24) is 15.1 Å². The number of anilines is 1. The molecule has 0 amide bonds. The van der Waals surface area contributed by atoms with Gasteiger partial charge in [0.1, 0.15) is 11.6 Å². The SMILES string of the molecule is CN1CCC(c2ccc(F)cc2)c2ccc(-c3ccc(N)nn3)cc2C1. The zero-order chi connectivity index (χ0) is 18.1. The zero-order valence-corrected chi connectivity index (χ0v) is 14.7. The maximum absolute atomic E-state index is 13.3. The summed E-state index contributed by atoms with van der Waals surface area (Å²) in [4.78, 5) is 2.32. The van der Waals surface area contributed by atoms with E-state index in [-0.39, 0.29) is 11.7 Å². The quantitative estimate of drug-likeness (QED) is 0.765. The highest BCUT2D eigenvalue weighted by Gasteiger charge is 2.23. The number of hydrogen-bond donors (Lipinski definition) is 1. The normalized spacial score (nSPS) is 17.5. The molecular formula is C21H21FN4. The standard InChI is InChI=1S/C21H21FN4/c1-26-11-10-19(14-2-5-17(22)6-3-14)18-7-4-15(12-16(18)13-26)20-8-9-21(23)25-24-20/h2-9,12,19H,10-11,13H2,1H3,(H2,23,25). The van der Waals surface area contributed by atoms with E-state index in [1.165, 1.54) is 11.1 Å². The molecule has 0 saturated heterocycles. The second-order valence-electron chi connectivity index (χ2n) is 6.89. The zero-order valence-electron chi connectivity index (χ0n) is 14.7. The first-order chi connectivity index (χ1) is 12.6. The van der Waals surface area contributed by atoms with Gasteiger partial charge in [-0.15, -0.1) is 10.2 Å². The van der Waals surface area contributed by atoms with Crippen molar-refractivity contribution in [3.63, 3.8) is 0 Å². The van der Waals surface area contributed by atoms with Gasteiger partial charge < -0.3 is 10.6 Å². The van der Waals surface area contributed by atoms with E-state index in [1.54, 1.807) is 18.2 Å². The summed E-state index contributed by atoms with van der Waals surface area (Å²) in [5.41, 5.74) is 11.2. The average molecular weight is 348 g/mol. The average Bonchev–Trinajstić information content (AvgIpc) is 2.81. The van der Waals surface area contributed by atoms with Gasteiger partial charge in [0.25, 0.3) is 0 Å². The Balaban J connectivity index is 1.76. The van der Waals surface area contributed by atoms with Crippen molar-refractivity contribution in [2.24, 2.45) is 0 Å². The van der Waals surface area contributed by atoms with Crippen molar-refractivity contribution < 1.29 is 4.39 Å². The van der Waals surface area contributed by atoms with Crippen LogP contribution in [0, 0.1) is 5.82 Å². The molecule has 0 aliphatic carbocycles. The third-order valence-electron chi connectivity index (χ3n) is 5.01. The van der Waals surface area contributed by atoms with Crippen molar-refractivity contribution in [2.75, 3.05) is 19.3 Å². The third kappa shape index (κ3) is 3.30. The van der Waals surface area contributed by atoms with E-state index >= 15 is 0 Å². The third-order valence-corrected chi connectivity index (χ3v) is 5.01. The van der Waals surface area contributed by atoms with Gasteiger partial charge in [0.15, 0.2) is 0 Å². The summed E-state index contributed by atoms with van der Waals surface area (Å²) in [5, 5.41) is 8.15. The lowest BCUT2D eigenvalue weighted by molar-refractivity contribution is 0.328. The number of hydrogen-bond acceptors (Lipinski definition) is 4. The van der Waals surface area contributed by atoms with Crippen molar-refractivity contribution in [3.8, 4) is 11.3 Å². The van der Waals surface area contributed by atoms with E-state index in [9.17, 15) is 4.39 Å². The lowest BCUT2D eigenvalue weighted by atomic mass is 9.86. The second-order valence-corrected chi connectivity index (χ2v) is 6.89. The summed E-state index contributed by atoms with van der Waals surface area (Å²) in [7, 11) is 2.13. The lowest BCUT2D eigenvalue weighted by Crippen LogP contribution is -2.17. The van der Waals surface area contributed by atoms with Crippen LogP contribution in [0.4, 0.5) is 10.2 Å². The summed E-state index contributed by atoms with van der Waals surface area (Å²) >= 11 is 0. The van der Waals surface area contributed by atoms with Gasteiger partial charge in [-0.05, 0) is 67.0 Å². The number of nitrogens with two attached hydrogens (primary N) is 1. The molecule has 1 aromatic heterocycles. The highest BCUT2D eigenvalue weighted by molar-refractivity contribution is 5.62. The predicted molar refractivity (Wildman–Crippen MR) is 101 cm³/mol. The Hall–Kier alpha value is -2.79. The van der Waals surface area contributed by atoms with Crippen LogP contribution in [0.1, 0.15) is 29.0 Å². The first-order valence-corrected chi connectivity index (χ1v) is 8.76. The molecule has 132 valence electrons. The van der Waals surface area contributed by atoms with Gasteiger partial charge in [0.05, 0.1) is 5.69 Å². The molecule has 2 aromatic carbocycles. The fraction of sp³-hybridized carbons (Fsp3) is 0.238. The fourth-order valence-electron chi connectivity index (χ4n) is 3.65. The molecule has 1 aliphatic heterocycles. The minimum Gasteiger partial charge on any atom is -0.382 e. The Morgan fingerprint density at radius 2 is 1.85 bits per heavy atom. The first-order valence-electron chi connectivity index (χ1n) is 8.76. The van der Waals surface area contributed by atoms with Gasteiger partial charge in [-0.25, -0.2) is 4.39 Å². The number of rotatable bonds is 2. The highest BCUT2D eigenvalue weighted by Crippen LogP contribution is 2.35. The van der Waals surface area contributed by atoms with Crippen LogP contribution >= 0.6 is 0 Å². The molecule has 4 nitrogen and oxygen atoms in total. The maximum atomic E-state index is 13.3.